The molecule has 8 nitrogen and oxygen atoms in total. The second kappa shape index (κ2) is 8.00. The molecule has 28 heavy (non-hydrogen) atoms. The first-order valence-corrected chi connectivity index (χ1v) is 9.51. The van der Waals surface area contributed by atoms with Gasteiger partial charge in [0.2, 0.25) is 5.91 Å². The number of esters is 1. The van der Waals surface area contributed by atoms with Crippen LogP contribution in [0.15, 0.2) is 30.3 Å². The summed E-state index contributed by atoms with van der Waals surface area (Å²) in [5.74, 6) is -1.19. The third-order valence-corrected chi connectivity index (χ3v) is 5.39. The van der Waals surface area contributed by atoms with Crippen LogP contribution >= 0.6 is 0 Å². The number of rotatable bonds is 5. The van der Waals surface area contributed by atoms with Gasteiger partial charge in [-0.2, -0.15) is 0 Å². The summed E-state index contributed by atoms with van der Waals surface area (Å²) in [7, 11) is 0. The fourth-order valence-electron chi connectivity index (χ4n) is 3.67. The molecular formula is C20H25N3O5. The number of urea groups is 1. The molecule has 0 spiro atoms. The predicted octanol–water partition coefficient (Wildman–Crippen LogP) is 1.26. The van der Waals surface area contributed by atoms with Gasteiger partial charge in [0, 0.05) is 13.1 Å². The standard InChI is InChI=1S/C20H25N3O5/c1-3-28-17(25)14-9-11-22(12-10-14)16(24)13-23-18(26)20(2,21-19(23)27)15-7-5-4-6-8-15/h4-8,14H,3,9-13H2,1-2H3,(H,21,27)/t20-/m0/s1. The number of ether oxygens (including phenoxy) is 1. The van der Waals surface area contributed by atoms with Crippen molar-refractivity contribution in [1.82, 2.24) is 15.1 Å². The maximum absolute atomic E-state index is 12.9. The molecule has 0 aromatic heterocycles. The van der Waals surface area contributed by atoms with Crippen LogP contribution in [-0.4, -0.2) is 59.9 Å². The van der Waals surface area contributed by atoms with Crippen LogP contribution in [0.4, 0.5) is 4.79 Å². The lowest BCUT2D eigenvalue weighted by atomic mass is 9.92. The zero-order chi connectivity index (χ0) is 20.3. The van der Waals surface area contributed by atoms with Crippen molar-refractivity contribution >= 4 is 23.8 Å². The number of likely N-dealkylation sites (tertiary alicyclic amines) is 1. The van der Waals surface area contributed by atoms with E-state index in [2.05, 4.69) is 5.32 Å². The fourth-order valence-corrected chi connectivity index (χ4v) is 3.67. The minimum absolute atomic E-state index is 0.206. The van der Waals surface area contributed by atoms with Crippen molar-refractivity contribution in [3.05, 3.63) is 35.9 Å². The van der Waals surface area contributed by atoms with Crippen molar-refractivity contribution in [2.75, 3.05) is 26.2 Å². The molecule has 0 aliphatic carbocycles. The molecule has 3 rings (SSSR count). The third kappa shape index (κ3) is 3.72. The van der Waals surface area contributed by atoms with Gasteiger partial charge in [-0.25, -0.2) is 4.79 Å². The van der Waals surface area contributed by atoms with Gasteiger partial charge in [-0.3, -0.25) is 19.3 Å². The molecule has 8 heteroatoms. The van der Waals surface area contributed by atoms with Gasteiger partial charge in [-0.1, -0.05) is 30.3 Å². The highest BCUT2D eigenvalue weighted by molar-refractivity contribution is 6.09. The molecule has 1 atom stereocenters. The van der Waals surface area contributed by atoms with Crippen molar-refractivity contribution in [2.24, 2.45) is 5.92 Å². The average Bonchev–Trinajstić information content (AvgIpc) is 2.93. The second-order valence-electron chi connectivity index (χ2n) is 7.22. The van der Waals surface area contributed by atoms with E-state index in [1.165, 1.54) is 0 Å². The average molecular weight is 387 g/mol. The summed E-state index contributed by atoms with van der Waals surface area (Å²) < 4.78 is 5.03. The molecule has 0 unspecified atom stereocenters. The number of amides is 4. The van der Waals surface area contributed by atoms with Gasteiger partial charge in [0.25, 0.3) is 5.91 Å². The number of hydrogen-bond donors (Lipinski definition) is 1. The van der Waals surface area contributed by atoms with E-state index in [1.807, 2.05) is 6.07 Å². The van der Waals surface area contributed by atoms with Gasteiger partial charge in [0.15, 0.2) is 0 Å². The normalized spacial score (nSPS) is 22.9. The SMILES string of the molecule is CCOC(=O)C1CCN(C(=O)CN2C(=O)N[C@@](C)(c3ccccc3)C2=O)CC1. The molecule has 2 aliphatic rings. The molecule has 2 aliphatic heterocycles. The van der Waals surface area contributed by atoms with E-state index < -0.39 is 17.5 Å². The molecular weight excluding hydrogens is 362 g/mol. The Morgan fingerprint density at radius 1 is 1.18 bits per heavy atom. The summed E-state index contributed by atoms with van der Waals surface area (Å²) >= 11 is 0. The Labute approximate surface area is 163 Å². The van der Waals surface area contributed by atoms with Crippen LogP contribution in [0.25, 0.3) is 0 Å². The summed E-state index contributed by atoms with van der Waals surface area (Å²) in [6, 6.07) is 8.37. The molecule has 0 saturated carbocycles. The summed E-state index contributed by atoms with van der Waals surface area (Å²) in [6.07, 6.45) is 1.04. The molecule has 0 bridgehead atoms. The smallest absolute Gasteiger partial charge is 0.325 e. The molecule has 2 heterocycles. The van der Waals surface area contributed by atoms with Crippen molar-refractivity contribution in [3.8, 4) is 0 Å². The molecule has 1 N–H and O–H groups in total. The van der Waals surface area contributed by atoms with Gasteiger partial charge in [-0.05, 0) is 32.3 Å². The lowest BCUT2D eigenvalue weighted by Gasteiger charge is -2.31. The van der Waals surface area contributed by atoms with E-state index in [9.17, 15) is 19.2 Å². The Kier molecular flexibility index (Phi) is 5.67. The lowest BCUT2D eigenvalue weighted by Crippen LogP contribution is -2.47. The maximum atomic E-state index is 12.9. The second-order valence-corrected chi connectivity index (χ2v) is 7.22. The Hall–Kier alpha value is -2.90. The van der Waals surface area contributed by atoms with Crippen LogP contribution in [0.5, 0.6) is 0 Å². The van der Waals surface area contributed by atoms with Gasteiger partial charge in [0.05, 0.1) is 12.5 Å². The highest BCUT2D eigenvalue weighted by Crippen LogP contribution is 2.28. The van der Waals surface area contributed by atoms with Crippen LogP contribution < -0.4 is 5.32 Å². The molecule has 1 aromatic carbocycles. The molecule has 4 amide bonds. The number of hydrogen-bond acceptors (Lipinski definition) is 5. The Balaban J connectivity index is 1.61. The van der Waals surface area contributed by atoms with Crippen molar-refractivity contribution < 1.29 is 23.9 Å². The van der Waals surface area contributed by atoms with E-state index in [4.69, 9.17) is 4.74 Å². The predicted molar refractivity (Wildman–Crippen MR) is 100.0 cm³/mol. The van der Waals surface area contributed by atoms with Crippen molar-refractivity contribution in [1.29, 1.82) is 0 Å². The van der Waals surface area contributed by atoms with Crippen LogP contribution in [0.1, 0.15) is 32.3 Å². The minimum Gasteiger partial charge on any atom is -0.466 e. The van der Waals surface area contributed by atoms with Crippen molar-refractivity contribution in [3.63, 3.8) is 0 Å². The van der Waals surface area contributed by atoms with E-state index in [-0.39, 0.29) is 24.3 Å². The quantitative estimate of drug-likeness (QED) is 0.606. The van der Waals surface area contributed by atoms with E-state index in [0.717, 1.165) is 4.90 Å². The van der Waals surface area contributed by atoms with Crippen LogP contribution in [0.3, 0.4) is 0 Å². The van der Waals surface area contributed by atoms with Crippen LogP contribution in [0.2, 0.25) is 0 Å². The summed E-state index contributed by atoms with van der Waals surface area (Å²) in [4.78, 5) is 52.2. The maximum Gasteiger partial charge on any atom is 0.325 e. The van der Waals surface area contributed by atoms with E-state index >= 15 is 0 Å². The Morgan fingerprint density at radius 2 is 1.82 bits per heavy atom. The van der Waals surface area contributed by atoms with E-state index in [1.54, 1.807) is 43.0 Å². The molecule has 1 aromatic rings. The molecule has 0 radical (unpaired) electrons. The molecule has 2 fully saturated rings. The third-order valence-electron chi connectivity index (χ3n) is 5.39. The topological polar surface area (TPSA) is 96.0 Å². The zero-order valence-corrected chi connectivity index (χ0v) is 16.1. The van der Waals surface area contributed by atoms with Gasteiger partial charge in [0.1, 0.15) is 12.1 Å². The molecule has 150 valence electrons. The number of nitrogens with zero attached hydrogens (tertiary/aromatic N) is 2. The van der Waals surface area contributed by atoms with Crippen LogP contribution in [0, 0.1) is 5.92 Å². The number of nitrogens with one attached hydrogen (secondary N) is 1. The van der Waals surface area contributed by atoms with Crippen molar-refractivity contribution in [2.45, 2.75) is 32.2 Å². The number of imide groups is 1. The number of carbonyl (C=O) groups excluding carboxylic acids is 4. The first-order chi connectivity index (χ1) is 13.4. The summed E-state index contributed by atoms with van der Waals surface area (Å²) in [5.41, 5.74) is -0.520. The number of carbonyl (C=O) groups is 4. The lowest BCUT2D eigenvalue weighted by molar-refractivity contribution is -0.151. The largest absolute Gasteiger partial charge is 0.466 e. The van der Waals surface area contributed by atoms with E-state index in [0.29, 0.717) is 38.1 Å². The van der Waals surface area contributed by atoms with Gasteiger partial charge in [-0.15, -0.1) is 0 Å². The van der Waals surface area contributed by atoms with Crippen LogP contribution in [-0.2, 0) is 24.7 Å². The Bertz CT molecular complexity index is 773. The zero-order valence-electron chi connectivity index (χ0n) is 16.1. The number of piperidine rings is 1. The monoisotopic (exact) mass is 387 g/mol. The summed E-state index contributed by atoms with van der Waals surface area (Å²) in [5, 5.41) is 2.70. The summed E-state index contributed by atoms with van der Waals surface area (Å²) in [6.45, 7) is 4.24. The molecule has 2 saturated heterocycles. The van der Waals surface area contributed by atoms with Gasteiger partial charge < -0.3 is 15.0 Å². The fraction of sp³-hybridized carbons (Fsp3) is 0.500. The first kappa shape index (κ1) is 19.9. The highest BCUT2D eigenvalue weighted by Gasteiger charge is 2.49. The first-order valence-electron chi connectivity index (χ1n) is 9.51. The Morgan fingerprint density at radius 3 is 2.43 bits per heavy atom. The van der Waals surface area contributed by atoms with Gasteiger partial charge >= 0.3 is 12.0 Å². The highest BCUT2D eigenvalue weighted by atomic mass is 16.5. The number of benzene rings is 1. The minimum atomic E-state index is -1.18.